The van der Waals surface area contributed by atoms with Crippen LogP contribution >= 0.6 is 27.3 Å². The fourth-order valence-electron chi connectivity index (χ4n) is 1.73. The van der Waals surface area contributed by atoms with Crippen LogP contribution in [0, 0.1) is 0 Å². The number of nitrogens with two attached hydrogens (primary N) is 1. The summed E-state index contributed by atoms with van der Waals surface area (Å²) in [7, 11) is 3.56. The summed E-state index contributed by atoms with van der Waals surface area (Å²) in [5.41, 5.74) is 6.69. The molecule has 1 amide bonds. The van der Waals surface area contributed by atoms with Crippen LogP contribution in [-0.2, 0) is 18.4 Å². The molecule has 0 bridgehead atoms. The summed E-state index contributed by atoms with van der Waals surface area (Å²) in [6.07, 6.45) is 3.39. The molecule has 0 radical (unpaired) electrons. The van der Waals surface area contributed by atoms with E-state index in [1.54, 1.807) is 47.4 Å². The Balaban J connectivity index is 2.02. The van der Waals surface area contributed by atoms with Crippen molar-refractivity contribution >= 4 is 33.2 Å². The van der Waals surface area contributed by atoms with Gasteiger partial charge in [0.25, 0.3) is 0 Å². The van der Waals surface area contributed by atoms with Gasteiger partial charge in [0.1, 0.15) is 6.04 Å². The molecule has 5 nitrogen and oxygen atoms in total. The van der Waals surface area contributed by atoms with Gasteiger partial charge >= 0.3 is 0 Å². The van der Waals surface area contributed by atoms with Gasteiger partial charge in [-0.15, -0.1) is 11.3 Å². The monoisotopic (exact) mass is 342 g/mol. The Kier molecular flexibility index (Phi) is 4.38. The van der Waals surface area contributed by atoms with Crippen LogP contribution in [0.3, 0.4) is 0 Å². The molecule has 2 aromatic rings. The lowest BCUT2D eigenvalue weighted by Gasteiger charge is -2.20. The molecule has 0 aliphatic rings. The zero-order valence-electron chi connectivity index (χ0n) is 10.7. The van der Waals surface area contributed by atoms with Gasteiger partial charge in [-0.05, 0) is 22.0 Å². The Morgan fingerprint density at radius 2 is 2.42 bits per heavy atom. The van der Waals surface area contributed by atoms with Gasteiger partial charge in [-0.25, -0.2) is 0 Å². The minimum Gasteiger partial charge on any atom is -0.339 e. The van der Waals surface area contributed by atoms with Gasteiger partial charge in [-0.2, -0.15) is 5.10 Å². The predicted molar refractivity (Wildman–Crippen MR) is 78.6 cm³/mol. The number of likely N-dealkylation sites (N-methyl/N-ethyl adjacent to an activating group) is 1. The van der Waals surface area contributed by atoms with Crippen molar-refractivity contribution < 1.29 is 4.79 Å². The number of hydrogen-bond acceptors (Lipinski definition) is 4. The van der Waals surface area contributed by atoms with Gasteiger partial charge in [0, 0.05) is 40.6 Å². The average molecular weight is 343 g/mol. The van der Waals surface area contributed by atoms with E-state index in [1.165, 1.54) is 0 Å². The molecular formula is C12H15BrN4OS. The van der Waals surface area contributed by atoms with E-state index >= 15 is 0 Å². The second kappa shape index (κ2) is 5.85. The molecule has 0 aliphatic heterocycles. The van der Waals surface area contributed by atoms with Crippen molar-refractivity contribution in [2.24, 2.45) is 12.8 Å². The van der Waals surface area contributed by atoms with Gasteiger partial charge in [0.2, 0.25) is 5.91 Å². The van der Waals surface area contributed by atoms with Crippen molar-refractivity contribution in [3.05, 3.63) is 38.8 Å². The second-order valence-corrected chi connectivity index (χ2v) is 6.26. The van der Waals surface area contributed by atoms with Crippen LogP contribution in [0.15, 0.2) is 28.3 Å². The van der Waals surface area contributed by atoms with Crippen molar-refractivity contribution in [2.75, 3.05) is 7.05 Å². The summed E-state index contributed by atoms with van der Waals surface area (Å²) in [4.78, 5) is 15.0. The third-order valence-electron chi connectivity index (χ3n) is 2.74. The van der Waals surface area contributed by atoms with E-state index < -0.39 is 6.04 Å². The maximum Gasteiger partial charge on any atom is 0.244 e. The van der Waals surface area contributed by atoms with E-state index in [2.05, 4.69) is 21.0 Å². The fourth-order valence-corrected chi connectivity index (χ4v) is 3.23. The number of thiophene rings is 1. The first-order chi connectivity index (χ1) is 8.97. The smallest absolute Gasteiger partial charge is 0.244 e. The number of carbonyl (C=O) groups is 1. The van der Waals surface area contributed by atoms with E-state index in [-0.39, 0.29) is 5.91 Å². The topological polar surface area (TPSA) is 64.2 Å². The number of amides is 1. The van der Waals surface area contributed by atoms with Gasteiger partial charge < -0.3 is 10.6 Å². The molecule has 0 spiro atoms. The largest absolute Gasteiger partial charge is 0.339 e. The standard InChI is InChI=1S/C12H15BrN4OS/c1-16(6-10-3-9(13)7-19-10)12(18)11(14)8-4-15-17(2)5-8/h3-5,7,11H,6,14H2,1-2H3. The first kappa shape index (κ1) is 14.2. The molecule has 0 saturated heterocycles. The van der Waals surface area contributed by atoms with Gasteiger partial charge in [-0.1, -0.05) is 0 Å². The summed E-state index contributed by atoms with van der Waals surface area (Å²) in [6, 6.07) is 1.34. The molecule has 0 aliphatic carbocycles. The van der Waals surface area contributed by atoms with Crippen LogP contribution < -0.4 is 5.73 Å². The maximum absolute atomic E-state index is 12.2. The number of aryl methyl sites for hydroxylation is 1. The molecule has 0 aromatic carbocycles. The molecule has 1 unspecified atom stereocenters. The Bertz CT molecular complexity index is 580. The predicted octanol–water partition coefficient (Wildman–Crippen LogP) is 1.90. The van der Waals surface area contributed by atoms with E-state index in [4.69, 9.17) is 5.73 Å². The second-order valence-electron chi connectivity index (χ2n) is 4.35. The molecule has 2 rings (SSSR count). The fraction of sp³-hybridized carbons (Fsp3) is 0.333. The molecule has 102 valence electrons. The highest BCUT2D eigenvalue weighted by atomic mass is 79.9. The molecule has 2 N–H and O–H groups in total. The van der Waals surface area contributed by atoms with Crippen LogP contribution in [-0.4, -0.2) is 27.6 Å². The zero-order chi connectivity index (χ0) is 14.0. The van der Waals surface area contributed by atoms with Crippen LogP contribution in [0.5, 0.6) is 0 Å². The number of hydrogen-bond donors (Lipinski definition) is 1. The third-order valence-corrected chi connectivity index (χ3v) is 4.42. The van der Waals surface area contributed by atoms with Crippen molar-refractivity contribution in [3.63, 3.8) is 0 Å². The number of nitrogens with zero attached hydrogens (tertiary/aromatic N) is 3. The molecule has 19 heavy (non-hydrogen) atoms. The SMILES string of the molecule is CN(Cc1cc(Br)cs1)C(=O)C(N)c1cnn(C)c1. The summed E-state index contributed by atoms with van der Waals surface area (Å²) < 4.78 is 2.67. The Labute approximate surface area is 124 Å². The number of rotatable bonds is 4. The Hall–Kier alpha value is -1.18. The minimum atomic E-state index is -0.665. The van der Waals surface area contributed by atoms with Gasteiger partial charge in [0.05, 0.1) is 12.7 Å². The highest BCUT2D eigenvalue weighted by Gasteiger charge is 2.21. The van der Waals surface area contributed by atoms with Gasteiger partial charge in [0.15, 0.2) is 0 Å². The summed E-state index contributed by atoms with van der Waals surface area (Å²) >= 11 is 5.01. The van der Waals surface area contributed by atoms with Crippen LogP contribution in [0.4, 0.5) is 0 Å². The van der Waals surface area contributed by atoms with E-state index in [0.717, 1.165) is 14.9 Å². The molecule has 1 atom stereocenters. The van der Waals surface area contributed by atoms with Crippen molar-refractivity contribution in [3.8, 4) is 0 Å². The van der Waals surface area contributed by atoms with Crippen LogP contribution in [0.1, 0.15) is 16.5 Å². The zero-order valence-corrected chi connectivity index (χ0v) is 13.1. The summed E-state index contributed by atoms with van der Waals surface area (Å²) in [5.74, 6) is -0.113. The van der Waals surface area contributed by atoms with Crippen LogP contribution in [0.25, 0.3) is 0 Å². The van der Waals surface area contributed by atoms with E-state index in [0.29, 0.717) is 6.54 Å². The highest BCUT2D eigenvalue weighted by molar-refractivity contribution is 9.10. The lowest BCUT2D eigenvalue weighted by Crippen LogP contribution is -2.35. The first-order valence-electron chi connectivity index (χ1n) is 5.69. The minimum absolute atomic E-state index is 0.113. The molecular weight excluding hydrogens is 328 g/mol. The quantitative estimate of drug-likeness (QED) is 0.922. The Morgan fingerprint density at radius 3 is 2.95 bits per heavy atom. The van der Waals surface area contributed by atoms with E-state index in [1.807, 2.05) is 11.4 Å². The van der Waals surface area contributed by atoms with Crippen molar-refractivity contribution in [2.45, 2.75) is 12.6 Å². The van der Waals surface area contributed by atoms with Crippen LogP contribution in [0.2, 0.25) is 0 Å². The van der Waals surface area contributed by atoms with Crippen molar-refractivity contribution in [1.82, 2.24) is 14.7 Å². The molecule has 2 aromatic heterocycles. The summed E-state index contributed by atoms with van der Waals surface area (Å²) in [5, 5.41) is 6.02. The molecule has 2 heterocycles. The van der Waals surface area contributed by atoms with E-state index in [9.17, 15) is 4.79 Å². The lowest BCUT2D eigenvalue weighted by atomic mass is 10.1. The number of carbonyl (C=O) groups excluding carboxylic acids is 1. The van der Waals surface area contributed by atoms with Gasteiger partial charge in [-0.3, -0.25) is 9.48 Å². The number of halogens is 1. The summed E-state index contributed by atoms with van der Waals surface area (Å²) in [6.45, 7) is 0.559. The third kappa shape index (κ3) is 3.43. The molecule has 7 heteroatoms. The average Bonchev–Trinajstić information content (AvgIpc) is 2.96. The first-order valence-corrected chi connectivity index (χ1v) is 7.36. The highest BCUT2D eigenvalue weighted by Crippen LogP contribution is 2.21. The molecule has 0 fully saturated rings. The normalized spacial score (nSPS) is 12.4. The number of aromatic nitrogens is 2. The Morgan fingerprint density at radius 1 is 1.68 bits per heavy atom. The molecule has 0 saturated carbocycles. The lowest BCUT2D eigenvalue weighted by molar-refractivity contribution is -0.131. The maximum atomic E-state index is 12.2. The van der Waals surface area contributed by atoms with Crippen molar-refractivity contribution in [1.29, 1.82) is 0 Å².